The monoisotopic (exact) mass is 384 g/mol. The van der Waals surface area contributed by atoms with E-state index in [0.29, 0.717) is 23.6 Å². The van der Waals surface area contributed by atoms with Crippen molar-refractivity contribution in [3.63, 3.8) is 0 Å². The molecular weight excluding hydrogens is 352 g/mol. The highest BCUT2D eigenvalue weighted by Gasteiger charge is 2.27. The van der Waals surface area contributed by atoms with Crippen LogP contribution in [0.2, 0.25) is 0 Å². The van der Waals surface area contributed by atoms with Gasteiger partial charge in [0, 0.05) is 23.2 Å². The third-order valence-electron chi connectivity index (χ3n) is 4.69. The quantitative estimate of drug-likeness (QED) is 0.738. The summed E-state index contributed by atoms with van der Waals surface area (Å²) in [5.74, 6) is 1.04. The zero-order valence-corrected chi connectivity index (χ0v) is 17.4. The summed E-state index contributed by atoms with van der Waals surface area (Å²) in [6.45, 7) is 10.1. The summed E-state index contributed by atoms with van der Waals surface area (Å²) in [6, 6.07) is 5.57. The molecule has 152 valence electrons. The maximum absolute atomic E-state index is 12.2. The Labute approximate surface area is 168 Å². The Balaban J connectivity index is 0.00000136. The fourth-order valence-corrected chi connectivity index (χ4v) is 3.51. The first-order valence-electron chi connectivity index (χ1n) is 10.2. The summed E-state index contributed by atoms with van der Waals surface area (Å²) in [5, 5.41) is 16.1. The number of carbonyl (C=O) groups excluding carboxylic acids is 1. The van der Waals surface area contributed by atoms with E-state index in [1.54, 1.807) is 6.07 Å². The summed E-state index contributed by atoms with van der Waals surface area (Å²) in [4.78, 5) is 12.2. The SMILES string of the molecule is C/C=C\C1=C(CO)Oc2cc(C(=O)NCC)ccc2C1=C1CCNCC1.CC. The summed E-state index contributed by atoms with van der Waals surface area (Å²) in [6.07, 6.45) is 5.89. The molecule has 0 aromatic heterocycles. The molecule has 0 atom stereocenters. The fourth-order valence-electron chi connectivity index (χ4n) is 3.51. The molecule has 5 heteroatoms. The molecule has 3 rings (SSSR count). The molecule has 2 heterocycles. The van der Waals surface area contributed by atoms with Crippen LogP contribution in [0.25, 0.3) is 5.57 Å². The number of aliphatic hydroxyl groups is 1. The van der Waals surface area contributed by atoms with Crippen molar-refractivity contribution in [1.82, 2.24) is 10.6 Å². The average molecular weight is 385 g/mol. The number of ether oxygens (including phenoxy) is 1. The van der Waals surface area contributed by atoms with Crippen molar-refractivity contribution in [2.24, 2.45) is 0 Å². The van der Waals surface area contributed by atoms with Gasteiger partial charge in [-0.3, -0.25) is 4.79 Å². The van der Waals surface area contributed by atoms with E-state index in [-0.39, 0.29) is 12.5 Å². The number of fused-ring (bicyclic) bond motifs is 1. The Morgan fingerprint density at radius 2 is 2.00 bits per heavy atom. The van der Waals surface area contributed by atoms with Gasteiger partial charge in [0.1, 0.15) is 18.1 Å². The Morgan fingerprint density at radius 3 is 2.61 bits per heavy atom. The van der Waals surface area contributed by atoms with Crippen LogP contribution in [0, 0.1) is 0 Å². The lowest BCUT2D eigenvalue weighted by Gasteiger charge is -2.28. The number of hydrogen-bond donors (Lipinski definition) is 3. The van der Waals surface area contributed by atoms with Crippen molar-refractivity contribution in [2.75, 3.05) is 26.2 Å². The summed E-state index contributed by atoms with van der Waals surface area (Å²) in [7, 11) is 0. The minimum atomic E-state index is -0.181. The van der Waals surface area contributed by atoms with Gasteiger partial charge in [-0.25, -0.2) is 0 Å². The van der Waals surface area contributed by atoms with Crippen LogP contribution >= 0.6 is 0 Å². The second kappa shape index (κ2) is 10.8. The van der Waals surface area contributed by atoms with Gasteiger partial charge < -0.3 is 20.5 Å². The van der Waals surface area contributed by atoms with Gasteiger partial charge in [-0.2, -0.15) is 0 Å². The Hall–Kier alpha value is -2.37. The predicted octanol–water partition coefficient (Wildman–Crippen LogP) is 3.81. The highest BCUT2D eigenvalue weighted by atomic mass is 16.5. The van der Waals surface area contributed by atoms with Gasteiger partial charge in [0.25, 0.3) is 5.91 Å². The van der Waals surface area contributed by atoms with E-state index in [9.17, 15) is 9.90 Å². The first kappa shape index (κ1) is 21.9. The second-order valence-electron chi connectivity index (χ2n) is 6.40. The number of piperidine rings is 1. The molecule has 2 aliphatic heterocycles. The molecule has 1 saturated heterocycles. The number of rotatable bonds is 4. The van der Waals surface area contributed by atoms with E-state index in [2.05, 4.69) is 10.6 Å². The molecule has 1 aromatic rings. The van der Waals surface area contributed by atoms with Gasteiger partial charge in [-0.15, -0.1) is 0 Å². The lowest BCUT2D eigenvalue weighted by atomic mass is 9.85. The van der Waals surface area contributed by atoms with Crippen LogP contribution in [-0.2, 0) is 0 Å². The number of hydrogen-bond acceptors (Lipinski definition) is 4. The lowest BCUT2D eigenvalue weighted by molar-refractivity contribution is 0.0955. The predicted molar refractivity (Wildman–Crippen MR) is 114 cm³/mol. The zero-order chi connectivity index (χ0) is 20.5. The van der Waals surface area contributed by atoms with E-state index < -0.39 is 0 Å². The third-order valence-corrected chi connectivity index (χ3v) is 4.69. The largest absolute Gasteiger partial charge is 0.458 e. The molecule has 28 heavy (non-hydrogen) atoms. The molecule has 0 bridgehead atoms. The molecule has 0 saturated carbocycles. The van der Waals surface area contributed by atoms with Gasteiger partial charge in [0.05, 0.1) is 0 Å². The molecule has 5 nitrogen and oxygen atoms in total. The van der Waals surface area contributed by atoms with Crippen LogP contribution in [0.3, 0.4) is 0 Å². The number of amides is 1. The van der Waals surface area contributed by atoms with Crippen molar-refractivity contribution >= 4 is 11.5 Å². The lowest BCUT2D eigenvalue weighted by Crippen LogP contribution is -2.25. The minimum Gasteiger partial charge on any atom is -0.458 e. The summed E-state index contributed by atoms with van der Waals surface area (Å²) < 4.78 is 5.98. The Kier molecular flexibility index (Phi) is 8.48. The van der Waals surface area contributed by atoms with Crippen LogP contribution in [0.4, 0.5) is 0 Å². The van der Waals surface area contributed by atoms with Crippen LogP contribution in [-0.4, -0.2) is 37.3 Å². The van der Waals surface area contributed by atoms with Crippen molar-refractivity contribution in [2.45, 2.75) is 40.5 Å². The Morgan fingerprint density at radius 1 is 1.29 bits per heavy atom. The van der Waals surface area contributed by atoms with Crippen LogP contribution in [0.1, 0.15) is 56.5 Å². The first-order chi connectivity index (χ1) is 13.7. The molecule has 3 N–H and O–H groups in total. The summed E-state index contributed by atoms with van der Waals surface area (Å²) in [5.41, 5.74) is 4.98. The number of allylic oxidation sites excluding steroid dienone is 4. The molecular formula is C23H32N2O3. The van der Waals surface area contributed by atoms with Crippen LogP contribution < -0.4 is 15.4 Å². The van der Waals surface area contributed by atoms with Crippen molar-refractivity contribution in [1.29, 1.82) is 0 Å². The van der Waals surface area contributed by atoms with E-state index >= 15 is 0 Å². The van der Waals surface area contributed by atoms with E-state index in [4.69, 9.17) is 4.74 Å². The summed E-state index contributed by atoms with van der Waals surface area (Å²) >= 11 is 0. The van der Waals surface area contributed by atoms with Gasteiger partial charge in [0.15, 0.2) is 0 Å². The fraction of sp³-hybridized carbons (Fsp3) is 0.435. The third kappa shape index (κ3) is 4.72. The molecule has 1 aromatic carbocycles. The normalized spacial score (nSPS) is 16.3. The van der Waals surface area contributed by atoms with Crippen molar-refractivity contribution < 1.29 is 14.6 Å². The number of aliphatic hydroxyl groups excluding tert-OH is 1. The number of benzene rings is 1. The van der Waals surface area contributed by atoms with Gasteiger partial charge in [-0.05, 0) is 63.6 Å². The second-order valence-corrected chi connectivity index (χ2v) is 6.40. The van der Waals surface area contributed by atoms with Crippen LogP contribution in [0.15, 0.2) is 47.3 Å². The standard InChI is InChI=1S/C21H26N2O3.C2H6/c1-3-5-16-19(13-24)26-18-12-15(21(25)23-4-2)6-7-17(18)20(16)14-8-10-22-11-9-14;1-2/h3,5-7,12,22,24H,4,8-11,13H2,1-2H3,(H,23,25);1-2H3/b5-3-;. The van der Waals surface area contributed by atoms with Crippen LogP contribution in [0.5, 0.6) is 5.75 Å². The molecule has 2 aliphatic rings. The van der Waals surface area contributed by atoms with E-state index in [1.807, 2.05) is 52.0 Å². The topological polar surface area (TPSA) is 70.6 Å². The van der Waals surface area contributed by atoms with Gasteiger partial charge in [0.2, 0.25) is 0 Å². The molecule has 1 fully saturated rings. The maximum atomic E-state index is 12.2. The van der Waals surface area contributed by atoms with Gasteiger partial charge >= 0.3 is 0 Å². The molecule has 0 aliphatic carbocycles. The maximum Gasteiger partial charge on any atom is 0.251 e. The highest BCUT2D eigenvalue weighted by Crippen LogP contribution is 2.43. The highest BCUT2D eigenvalue weighted by molar-refractivity contribution is 5.97. The smallest absolute Gasteiger partial charge is 0.251 e. The molecule has 1 amide bonds. The minimum absolute atomic E-state index is 0.122. The van der Waals surface area contributed by atoms with E-state index in [1.165, 1.54) is 5.57 Å². The van der Waals surface area contributed by atoms with Crippen molar-refractivity contribution in [3.8, 4) is 5.75 Å². The van der Waals surface area contributed by atoms with Gasteiger partial charge in [-0.1, -0.05) is 31.6 Å². The first-order valence-corrected chi connectivity index (χ1v) is 10.2. The zero-order valence-electron chi connectivity index (χ0n) is 17.4. The number of nitrogens with one attached hydrogen (secondary N) is 2. The molecule has 0 unspecified atom stereocenters. The average Bonchev–Trinajstić information content (AvgIpc) is 2.75. The number of carbonyl (C=O) groups is 1. The molecule has 0 spiro atoms. The van der Waals surface area contributed by atoms with Crippen molar-refractivity contribution in [3.05, 3.63) is 58.4 Å². The Bertz CT molecular complexity index is 783. The molecule has 0 radical (unpaired) electrons. The van der Waals surface area contributed by atoms with E-state index in [0.717, 1.165) is 42.6 Å².